The molecule has 0 fully saturated rings. The number of rotatable bonds is 8. The molecule has 0 amide bonds. The molecule has 0 bridgehead atoms. The number of benzene rings is 1. The van der Waals surface area contributed by atoms with E-state index in [0.29, 0.717) is 0 Å². The van der Waals surface area contributed by atoms with Crippen molar-refractivity contribution in [2.24, 2.45) is 4.99 Å². The van der Waals surface area contributed by atoms with Crippen molar-refractivity contribution in [3.05, 3.63) is 45.1 Å². The predicted molar refractivity (Wildman–Crippen MR) is 120 cm³/mol. The van der Waals surface area contributed by atoms with E-state index in [1.807, 2.05) is 0 Å². The molecular formula is C22H32N4O2S. The third-order valence-corrected chi connectivity index (χ3v) is 6.22. The lowest BCUT2D eigenvalue weighted by atomic mass is 9.99. The fraction of sp³-hybridized carbons (Fsp3) is 0.500. The van der Waals surface area contributed by atoms with Crippen molar-refractivity contribution >= 4 is 17.3 Å². The fourth-order valence-corrected chi connectivity index (χ4v) is 4.35. The van der Waals surface area contributed by atoms with E-state index in [4.69, 9.17) is 14.5 Å². The first kappa shape index (κ1) is 21.5. The van der Waals surface area contributed by atoms with Gasteiger partial charge in [0.15, 0.2) is 17.5 Å². The molecule has 0 saturated heterocycles. The molecule has 1 aliphatic heterocycles. The zero-order chi connectivity index (χ0) is 20.6. The van der Waals surface area contributed by atoms with Crippen molar-refractivity contribution in [3.8, 4) is 11.5 Å². The molecule has 0 aliphatic carbocycles. The number of nitrogens with one attached hydrogen (secondary N) is 2. The second-order valence-electron chi connectivity index (χ2n) is 7.15. The maximum Gasteiger partial charge on any atom is 0.191 e. The maximum atomic E-state index is 5.46. The zero-order valence-electron chi connectivity index (χ0n) is 17.9. The van der Waals surface area contributed by atoms with Crippen LogP contribution in [0, 0.1) is 6.92 Å². The molecule has 0 atom stereocenters. The molecule has 1 aromatic carbocycles. The number of methoxy groups -OCH3 is 2. The van der Waals surface area contributed by atoms with Gasteiger partial charge in [0.1, 0.15) is 0 Å². The number of fused-ring (bicyclic) bond motifs is 1. The molecule has 0 radical (unpaired) electrons. The summed E-state index contributed by atoms with van der Waals surface area (Å²) in [6.07, 6.45) is 1.03. The maximum absolute atomic E-state index is 5.46. The normalized spacial score (nSPS) is 14.4. The number of hydrogen-bond donors (Lipinski definition) is 2. The Morgan fingerprint density at radius 2 is 1.93 bits per heavy atom. The second kappa shape index (κ2) is 10.5. The molecule has 29 heavy (non-hydrogen) atoms. The minimum absolute atomic E-state index is 0.720. The minimum atomic E-state index is 0.720. The van der Waals surface area contributed by atoms with Crippen molar-refractivity contribution in [2.45, 2.75) is 33.4 Å². The van der Waals surface area contributed by atoms with Crippen LogP contribution < -0.4 is 20.1 Å². The van der Waals surface area contributed by atoms with Crippen LogP contribution in [-0.4, -0.2) is 51.3 Å². The Labute approximate surface area is 177 Å². The smallest absolute Gasteiger partial charge is 0.191 e. The van der Waals surface area contributed by atoms with E-state index in [-0.39, 0.29) is 0 Å². The average molecular weight is 417 g/mol. The summed E-state index contributed by atoms with van der Waals surface area (Å²) >= 11 is 1.77. The lowest BCUT2D eigenvalue weighted by molar-refractivity contribution is 0.256. The van der Waals surface area contributed by atoms with Crippen LogP contribution in [0.3, 0.4) is 0 Å². The Balaban J connectivity index is 1.54. The highest BCUT2D eigenvalue weighted by atomic mass is 32.1. The van der Waals surface area contributed by atoms with Gasteiger partial charge in [-0.15, -0.1) is 11.3 Å². The highest BCUT2D eigenvalue weighted by Crippen LogP contribution is 2.33. The summed E-state index contributed by atoms with van der Waals surface area (Å²) in [5.74, 6) is 2.50. The van der Waals surface area contributed by atoms with Gasteiger partial charge < -0.3 is 20.1 Å². The van der Waals surface area contributed by atoms with E-state index in [0.717, 1.165) is 63.1 Å². The van der Waals surface area contributed by atoms with Crippen molar-refractivity contribution in [3.63, 3.8) is 0 Å². The van der Waals surface area contributed by atoms with Crippen LogP contribution >= 0.6 is 11.3 Å². The van der Waals surface area contributed by atoms with Crippen LogP contribution in [0.1, 0.15) is 28.5 Å². The highest BCUT2D eigenvalue weighted by Gasteiger charge is 2.19. The molecule has 0 saturated carbocycles. The molecular weight excluding hydrogens is 384 g/mol. The molecule has 0 spiro atoms. The topological polar surface area (TPSA) is 58.1 Å². The Hall–Kier alpha value is -2.25. The largest absolute Gasteiger partial charge is 0.493 e. The quantitative estimate of drug-likeness (QED) is 0.511. The van der Waals surface area contributed by atoms with Crippen LogP contribution in [0.5, 0.6) is 11.5 Å². The Morgan fingerprint density at radius 3 is 2.59 bits per heavy atom. The molecule has 2 aromatic rings. The SMILES string of the molecule is CCNC(=NCc1sccc1C)NCCN1CCc2cc(OC)c(OC)cc2C1. The second-order valence-corrected chi connectivity index (χ2v) is 8.15. The van der Waals surface area contributed by atoms with Gasteiger partial charge in [-0.1, -0.05) is 0 Å². The van der Waals surface area contributed by atoms with Gasteiger partial charge in [-0.2, -0.15) is 0 Å². The predicted octanol–water partition coefficient (Wildman–Crippen LogP) is 3.19. The van der Waals surface area contributed by atoms with E-state index in [1.165, 1.54) is 21.6 Å². The number of hydrogen-bond acceptors (Lipinski definition) is 5. The molecule has 2 heterocycles. The summed E-state index contributed by atoms with van der Waals surface area (Å²) in [4.78, 5) is 8.52. The Bertz CT molecular complexity index is 834. The van der Waals surface area contributed by atoms with Crippen molar-refractivity contribution in [1.82, 2.24) is 15.5 Å². The first-order valence-corrected chi connectivity index (χ1v) is 11.0. The fourth-order valence-electron chi connectivity index (χ4n) is 3.52. The van der Waals surface area contributed by atoms with E-state index < -0.39 is 0 Å². The summed E-state index contributed by atoms with van der Waals surface area (Å²) in [7, 11) is 3.38. The van der Waals surface area contributed by atoms with Crippen molar-refractivity contribution in [1.29, 1.82) is 0 Å². The Morgan fingerprint density at radius 1 is 1.17 bits per heavy atom. The number of guanidine groups is 1. The molecule has 1 aromatic heterocycles. The number of ether oxygens (including phenoxy) is 2. The molecule has 7 heteroatoms. The number of thiophene rings is 1. The van der Waals surface area contributed by atoms with Gasteiger partial charge in [-0.25, -0.2) is 4.99 Å². The van der Waals surface area contributed by atoms with Crippen molar-refractivity contribution < 1.29 is 9.47 Å². The molecule has 1 aliphatic rings. The monoisotopic (exact) mass is 416 g/mol. The summed E-state index contributed by atoms with van der Waals surface area (Å²) in [6.45, 7) is 9.61. The van der Waals surface area contributed by atoms with Crippen LogP contribution in [0.25, 0.3) is 0 Å². The van der Waals surface area contributed by atoms with Crippen LogP contribution in [0.2, 0.25) is 0 Å². The number of nitrogens with zero attached hydrogens (tertiary/aromatic N) is 2. The molecule has 6 nitrogen and oxygen atoms in total. The van der Waals surface area contributed by atoms with Gasteiger partial charge in [-0.05, 0) is 60.5 Å². The summed E-state index contributed by atoms with van der Waals surface area (Å²) in [5, 5.41) is 8.94. The molecule has 2 N–H and O–H groups in total. The standard InChI is InChI=1S/C22H32N4O2S/c1-5-23-22(25-14-21-16(2)7-11-29-21)24-8-10-26-9-6-17-12-19(27-3)20(28-4)13-18(17)15-26/h7,11-13H,5-6,8-10,14-15H2,1-4H3,(H2,23,24,25). The molecule has 0 unspecified atom stereocenters. The van der Waals surface area contributed by atoms with Gasteiger partial charge in [0.05, 0.1) is 20.8 Å². The van der Waals surface area contributed by atoms with Crippen LogP contribution in [0.4, 0.5) is 0 Å². The van der Waals surface area contributed by atoms with E-state index in [1.54, 1.807) is 25.6 Å². The molecule has 3 rings (SSSR count). The van der Waals surface area contributed by atoms with E-state index >= 15 is 0 Å². The summed E-state index contributed by atoms with van der Waals surface area (Å²) in [5.41, 5.74) is 3.99. The highest BCUT2D eigenvalue weighted by molar-refractivity contribution is 7.10. The van der Waals surface area contributed by atoms with Crippen LogP contribution in [0.15, 0.2) is 28.6 Å². The van der Waals surface area contributed by atoms with Gasteiger partial charge >= 0.3 is 0 Å². The summed E-state index contributed by atoms with van der Waals surface area (Å²) < 4.78 is 10.9. The summed E-state index contributed by atoms with van der Waals surface area (Å²) in [6, 6.07) is 6.38. The first-order valence-electron chi connectivity index (χ1n) is 10.2. The van der Waals surface area contributed by atoms with Gasteiger partial charge in [0.2, 0.25) is 0 Å². The zero-order valence-corrected chi connectivity index (χ0v) is 18.7. The number of aryl methyl sites for hydroxylation is 1. The lowest BCUT2D eigenvalue weighted by Gasteiger charge is -2.29. The van der Waals surface area contributed by atoms with Crippen molar-refractivity contribution in [2.75, 3.05) is 40.4 Å². The first-order chi connectivity index (χ1) is 14.1. The van der Waals surface area contributed by atoms with E-state index in [2.05, 4.69) is 53.0 Å². The molecule has 158 valence electrons. The minimum Gasteiger partial charge on any atom is -0.493 e. The average Bonchev–Trinajstić information content (AvgIpc) is 3.15. The van der Waals surface area contributed by atoms with Gasteiger partial charge in [0.25, 0.3) is 0 Å². The van der Waals surface area contributed by atoms with Gasteiger partial charge in [-0.3, -0.25) is 4.90 Å². The Kier molecular flexibility index (Phi) is 7.77. The lowest BCUT2D eigenvalue weighted by Crippen LogP contribution is -2.42. The van der Waals surface area contributed by atoms with Gasteiger partial charge in [0, 0.05) is 37.6 Å². The van der Waals surface area contributed by atoms with Crippen LogP contribution in [-0.2, 0) is 19.5 Å². The third kappa shape index (κ3) is 5.64. The van der Waals surface area contributed by atoms with E-state index in [9.17, 15) is 0 Å². The third-order valence-electron chi connectivity index (χ3n) is 5.21. The number of aliphatic imine (C=N–C) groups is 1.